The molecule has 3 rings (SSSR count). The highest BCUT2D eigenvalue weighted by molar-refractivity contribution is 7.90. The molecule has 0 radical (unpaired) electrons. The van der Waals surface area contributed by atoms with Gasteiger partial charge in [-0.15, -0.1) is 0 Å². The Morgan fingerprint density at radius 2 is 1.83 bits per heavy atom. The van der Waals surface area contributed by atoms with E-state index in [9.17, 15) is 12.8 Å². The van der Waals surface area contributed by atoms with E-state index in [-0.39, 0.29) is 12.4 Å². The molecule has 2 unspecified atom stereocenters. The topological polar surface area (TPSA) is 55.4 Å². The smallest absolute Gasteiger partial charge is 0.217 e. The fourth-order valence-corrected chi connectivity index (χ4v) is 4.31. The summed E-state index contributed by atoms with van der Waals surface area (Å²) in [5.41, 5.74) is 1.75. The van der Waals surface area contributed by atoms with Gasteiger partial charge in [-0.25, -0.2) is 17.5 Å². The maximum Gasteiger partial charge on any atom is 0.217 e. The van der Waals surface area contributed by atoms with Gasteiger partial charge in [-0.05, 0) is 36.1 Å². The molecule has 0 bridgehead atoms. The van der Waals surface area contributed by atoms with Crippen molar-refractivity contribution in [2.45, 2.75) is 24.1 Å². The van der Waals surface area contributed by atoms with Crippen molar-refractivity contribution in [3.63, 3.8) is 0 Å². The molecule has 128 valence electrons. The molecule has 6 heteroatoms. The van der Waals surface area contributed by atoms with Crippen LogP contribution in [-0.2, 0) is 21.2 Å². The molecule has 2 aromatic rings. The third-order valence-electron chi connectivity index (χ3n) is 4.19. The molecule has 1 saturated heterocycles. The van der Waals surface area contributed by atoms with Crippen molar-refractivity contribution >= 4 is 10.0 Å². The summed E-state index contributed by atoms with van der Waals surface area (Å²) in [6, 6.07) is 15.1. The van der Waals surface area contributed by atoms with Crippen LogP contribution in [0.15, 0.2) is 54.6 Å². The van der Waals surface area contributed by atoms with Crippen LogP contribution in [0.1, 0.15) is 23.6 Å². The normalized spacial score (nSPS) is 19.3. The Balaban J connectivity index is 1.83. The first kappa shape index (κ1) is 17.1. The SMILES string of the molecule is O=S(=O)(NC(Cc1ccc(F)cc1)c1ccccc1)C1CCOC1. The van der Waals surface area contributed by atoms with Gasteiger partial charge in [-0.3, -0.25) is 0 Å². The van der Waals surface area contributed by atoms with E-state index < -0.39 is 21.3 Å². The van der Waals surface area contributed by atoms with E-state index in [1.807, 2.05) is 30.3 Å². The van der Waals surface area contributed by atoms with E-state index in [1.54, 1.807) is 12.1 Å². The average Bonchev–Trinajstić information content (AvgIpc) is 3.12. The van der Waals surface area contributed by atoms with Crippen LogP contribution < -0.4 is 4.72 Å². The fraction of sp³-hybridized carbons (Fsp3) is 0.333. The summed E-state index contributed by atoms with van der Waals surface area (Å²) in [6.07, 6.45) is 0.963. The van der Waals surface area contributed by atoms with Gasteiger partial charge in [0, 0.05) is 6.61 Å². The summed E-state index contributed by atoms with van der Waals surface area (Å²) in [7, 11) is -3.48. The standard InChI is InChI=1S/C18H20FNO3S/c19-16-8-6-14(7-9-16)12-18(15-4-2-1-3-5-15)20-24(21,22)17-10-11-23-13-17/h1-9,17-18,20H,10-13H2. The zero-order chi connectivity index (χ0) is 17.0. The highest BCUT2D eigenvalue weighted by atomic mass is 32.2. The van der Waals surface area contributed by atoms with Crippen molar-refractivity contribution in [2.24, 2.45) is 0 Å². The van der Waals surface area contributed by atoms with Gasteiger partial charge in [-0.2, -0.15) is 0 Å². The van der Waals surface area contributed by atoms with E-state index in [0.717, 1.165) is 11.1 Å². The maximum absolute atomic E-state index is 13.1. The van der Waals surface area contributed by atoms with Crippen LogP contribution in [0.5, 0.6) is 0 Å². The number of nitrogens with one attached hydrogen (secondary N) is 1. The molecule has 2 atom stereocenters. The van der Waals surface area contributed by atoms with Crippen molar-refractivity contribution in [2.75, 3.05) is 13.2 Å². The van der Waals surface area contributed by atoms with Gasteiger partial charge in [0.05, 0.1) is 12.6 Å². The van der Waals surface area contributed by atoms with Crippen LogP contribution in [0.3, 0.4) is 0 Å². The molecule has 0 spiro atoms. The van der Waals surface area contributed by atoms with E-state index in [4.69, 9.17) is 4.74 Å². The van der Waals surface area contributed by atoms with Crippen LogP contribution in [0.4, 0.5) is 4.39 Å². The summed E-state index contributed by atoms with van der Waals surface area (Å²) in [5.74, 6) is -0.307. The largest absolute Gasteiger partial charge is 0.380 e. The van der Waals surface area contributed by atoms with Crippen molar-refractivity contribution in [3.8, 4) is 0 Å². The Hall–Kier alpha value is -1.76. The lowest BCUT2D eigenvalue weighted by Crippen LogP contribution is -2.38. The third kappa shape index (κ3) is 4.20. The molecule has 1 fully saturated rings. The Bertz CT molecular complexity index is 757. The monoisotopic (exact) mass is 349 g/mol. The lowest BCUT2D eigenvalue weighted by molar-refractivity contribution is 0.198. The molecular formula is C18H20FNO3S. The molecule has 24 heavy (non-hydrogen) atoms. The van der Waals surface area contributed by atoms with Crippen LogP contribution in [0.25, 0.3) is 0 Å². The van der Waals surface area contributed by atoms with Crippen molar-refractivity contribution in [3.05, 3.63) is 71.5 Å². The van der Waals surface area contributed by atoms with Crippen molar-refractivity contribution in [1.82, 2.24) is 4.72 Å². The Morgan fingerprint density at radius 1 is 1.12 bits per heavy atom. The number of halogens is 1. The summed E-state index contributed by atoms with van der Waals surface area (Å²) < 4.78 is 46.3. The van der Waals surface area contributed by atoms with Gasteiger partial charge in [0.25, 0.3) is 0 Å². The second-order valence-electron chi connectivity index (χ2n) is 5.94. The Morgan fingerprint density at radius 3 is 2.46 bits per heavy atom. The van der Waals surface area contributed by atoms with Crippen LogP contribution in [-0.4, -0.2) is 26.9 Å². The van der Waals surface area contributed by atoms with Crippen LogP contribution in [0.2, 0.25) is 0 Å². The van der Waals surface area contributed by atoms with Gasteiger partial charge in [0.1, 0.15) is 11.1 Å². The summed E-state index contributed by atoms with van der Waals surface area (Å²) >= 11 is 0. The lowest BCUT2D eigenvalue weighted by atomic mass is 10.00. The predicted octanol–water partition coefficient (Wildman–Crippen LogP) is 2.82. The minimum absolute atomic E-state index is 0.230. The van der Waals surface area contributed by atoms with Gasteiger partial charge < -0.3 is 4.74 Å². The summed E-state index contributed by atoms with van der Waals surface area (Å²) in [5, 5.41) is -0.517. The first-order chi connectivity index (χ1) is 11.5. The number of benzene rings is 2. The van der Waals surface area contributed by atoms with Crippen molar-refractivity contribution < 1.29 is 17.5 Å². The lowest BCUT2D eigenvalue weighted by Gasteiger charge is -2.21. The van der Waals surface area contributed by atoms with Crippen LogP contribution >= 0.6 is 0 Å². The molecule has 0 aliphatic carbocycles. The zero-order valence-corrected chi connectivity index (χ0v) is 14.0. The van der Waals surface area contributed by atoms with Crippen molar-refractivity contribution in [1.29, 1.82) is 0 Å². The van der Waals surface area contributed by atoms with Gasteiger partial charge in [-0.1, -0.05) is 42.5 Å². The Labute approximate surface area is 141 Å². The second-order valence-corrected chi connectivity index (χ2v) is 7.93. The number of sulfonamides is 1. The average molecular weight is 349 g/mol. The molecule has 2 aromatic carbocycles. The maximum atomic E-state index is 13.1. The van der Waals surface area contributed by atoms with Gasteiger partial charge in [0.15, 0.2) is 0 Å². The number of rotatable bonds is 6. The molecule has 0 saturated carbocycles. The molecule has 0 amide bonds. The minimum Gasteiger partial charge on any atom is -0.380 e. The number of ether oxygens (including phenoxy) is 1. The quantitative estimate of drug-likeness (QED) is 0.872. The molecule has 1 heterocycles. The van der Waals surface area contributed by atoms with Crippen LogP contribution in [0, 0.1) is 5.82 Å². The van der Waals surface area contributed by atoms with Gasteiger partial charge >= 0.3 is 0 Å². The Kier molecular flexibility index (Phi) is 5.28. The minimum atomic E-state index is -3.48. The van der Waals surface area contributed by atoms with E-state index in [2.05, 4.69) is 4.72 Å². The second kappa shape index (κ2) is 7.42. The van der Waals surface area contributed by atoms with Gasteiger partial charge in [0.2, 0.25) is 10.0 Å². The third-order valence-corrected chi connectivity index (χ3v) is 6.05. The zero-order valence-electron chi connectivity index (χ0n) is 13.2. The fourth-order valence-electron chi connectivity index (χ4n) is 2.82. The predicted molar refractivity (Wildman–Crippen MR) is 90.6 cm³/mol. The summed E-state index contributed by atoms with van der Waals surface area (Å²) in [4.78, 5) is 0. The van der Waals surface area contributed by atoms with E-state index >= 15 is 0 Å². The molecule has 1 aliphatic heterocycles. The number of hydrogen-bond acceptors (Lipinski definition) is 3. The highest BCUT2D eigenvalue weighted by Gasteiger charge is 2.31. The summed E-state index contributed by atoms with van der Waals surface area (Å²) in [6.45, 7) is 0.701. The number of hydrogen-bond donors (Lipinski definition) is 1. The molecule has 1 aliphatic rings. The highest BCUT2D eigenvalue weighted by Crippen LogP contribution is 2.22. The molecular weight excluding hydrogens is 329 g/mol. The first-order valence-electron chi connectivity index (χ1n) is 7.93. The molecule has 1 N–H and O–H groups in total. The van der Waals surface area contributed by atoms with E-state index in [1.165, 1.54) is 12.1 Å². The molecule has 4 nitrogen and oxygen atoms in total. The molecule has 0 aromatic heterocycles. The first-order valence-corrected chi connectivity index (χ1v) is 9.47. The van der Waals surface area contributed by atoms with E-state index in [0.29, 0.717) is 19.4 Å².